The minimum absolute atomic E-state index is 0.407. The average molecular weight is 294 g/mol. The first-order chi connectivity index (χ1) is 9.57. The lowest BCUT2D eigenvalue weighted by atomic mass is 9.97. The molecule has 1 aliphatic rings. The van der Waals surface area contributed by atoms with Crippen molar-refractivity contribution in [2.45, 2.75) is 12.5 Å². The number of anilines is 1. The molecule has 0 aliphatic carbocycles. The molecule has 106 valence electrons. The van der Waals surface area contributed by atoms with E-state index in [9.17, 15) is 0 Å². The van der Waals surface area contributed by atoms with Crippen molar-refractivity contribution in [2.24, 2.45) is 7.05 Å². The van der Waals surface area contributed by atoms with Gasteiger partial charge in [-0.05, 0) is 6.92 Å². The Kier molecular flexibility index (Phi) is 3.35. The summed E-state index contributed by atoms with van der Waals surface area (Å²) >= 11 is 5.83. The second kappa shape index (κ2) is 5.03. The van der Waals surface area contributed by atoms with Crippen LogP contribution in [0.2, 0.25) is 5.02 Å². The number of ether oxygens (including phenoxy) is 1. The predicted molar refractivity (Wildman–Crippen MR) is 75.8 cm³/mol. The van der Waals surface area contributed by atoms with Gasteiger partial charge in [0.25, 0.3) is 0 Å². The Morgan fingerprint density at radius 2 is 2.05 bits per heavy atom. The first-order valence-electron chi connectivity index (χ1n) is 6.42. The zero-order chi connectivity index (χ0) is 14.2. The normalized spacial score (nSPS) is 23.1. The zero-order valence-electron chi connectivity index (χ0n) is 11.5. The molecule has 0 spiro atoms. The fourth-order valence-corrected chi connectivity index (χ4v) is 2.48. The van der Waals surface area contributed by atoms with Gasteiger partial charge in [-0.1, -0.05) is 11.6 Å². The highest BCUT2D eigenvalue weighted by Gasteiger charge is 2.35. The van der Waals surface area contributed by atoms with Crippen molar-refractivity contribution in [3.63, 3.8) is 0 Å². The molecule has 0 unspecified atom stereocenters. The number of morpholine rings is 1. The third-order valence-corrected chi connectivity index (χ3v) is 3.67. The maximum absolute atomic E-state index is 5.96. The van der Waals surface area contributed by atoms with Gasteiger partial charge in [0, 0.05) is 25.4 Å². The maximum atomic E-state index is 5.96. The molecule has 2 aromatic heterocycles. The van der Waals surface area contributed by atoms with Crippen LogP contribution in [-0.2, 0) is 17.4 Å². The fourth-order valence-electron chi connectivity index (χ4n) is 2.38. The molecule has 1 atom stereocenters. The van der Waals surface area contributed by atoms with Crippen LogP contribution >= 0.6 is 11.6 Å². The lowest BCUT2D eigenvalue weighted by Crippen LogP contribution is -2.48. The Bertz CT molecular complexity index is 599. The van der Waals surface area contributed by atoms with E-state index in [1.807, 2.05) is 19.4 Å². The maximum Gasteiger partial charge on any atom is 0.225 e. The van der Waals surface area contributed by atoms with E-state index in [2.05, 4.69) is 26.9 Å². The van der Waals surface area contributed by atoms with Crippen LogP contribution in [0.15, 0.2) is 24.8 Å². The number of aromatic nitrogens is 4. The fraction of sp³-hybridized carbons (Fsp3) is 0.462. The van der Waals surface area contributed by atoms with Gasteiger partial charge in [0.05, 0.1) is 36.8 Å². The third kappa shape index (κ3) is 2.48. The molecule has 2 aromatic rings. The Hall–Kier alpha value is -1.66. The summed E-state index contributed by atoms with van der Waals surface area (Å²) in [4.78, 5) is 10.6. The van der Waals surface area contributed by atoms with Crippen molar-refractivity contribution in [2.75, 3.05) is 24.6 Å². The Morgan fingerprint density at radius 1 is 1.30 bits per heavy atom. The van der Waals surface area contributed by atoms with Crippen molar-refractivity contribution >= 4 is 17.5 Å². The Labute approximate surface area is 122 Å². The topological polar surface area (TPSA) is 56.1 Å². The van der Waals surface area contributed by atoms with Crippen molar-refractivity contribution < 1.29 is 4.74 Å². The summed E-state index contributed by atoms with van der Waals surface area (Å²) < 4.78 is 7.74. The molecule has 7 heteroatoms. The Balaban J connectivity index is 1.84. The van der Waals surface area contributed by atoms with Crippen molar-refractivity contribution in [1.29, 1.82) is 0 Å². The van der Waals surface area contributed by atoms with E-state index in [0.717, 1.165) is 12.1 Å². The van der Waals surface area contributed by atoms with E-state index >= 15 is 0 Å². The monoisotopic (exact) mass is 293 g/mol. The standard InChI is InChI=1S/C13H16ClN5O/c1-13(10-5-17-18(2)8-10)9-19(3-4-20-13)12-15-6-11(14)7-16-12/h5-8H,3-4,9H2,1-2H3/t13-/m0/s1. The Morgan fingerprint density at radius 3 is 2.70 bits per heavy atom. The first-order valence-corrected chi connectivity index (χ1v) is 6.80. The van der Waals surface area contributed by atoms with E-state index in [1.165, 1.54) is 0 Å². The summed E-state index contributed by atoms with van der Waals surface area (Å²) in [6, 6.07) is 0. The second-order valence-electron chi connectivity index (χ2n) is 5.10. The zero-order valence-corrected chi connectivity index (χ0v) is 12.2. The molecule has 1 fully saturated rings. The smallest absolute Gasteiger partial charge is 0.225 e. The number of halogens is 1. The van der Waals surface area contributed by atoms with Crippen molar-refractivity contribution in [3.8, 4) is 0 Å². The van der Waals surface area contributed by atoms with Crippen LogP contribution < -0.4 is 4.90 Å². The van der Waals surface area contributed by atoms with Crippen molar-refractivity contribution in [1.82, 2.24) is 19.7 Å². The molecule has 3 rings (SSSR count). The quantitative estimate of drug-likeness (QED) is 0.842. The van der Waals surface area contributed by atoms with Crippen LogP contribution in [0.25, 0.3) is 0 Å². The van der Waals surface area contributed by atoms with E-state index in [4.69, 9.17) is 16.3 Å². The highest BCUT2D eigenvalue weighted by atomic mass is 35.5. The van der Waals surface area contributed by atoms with Gasteiger partial charge in [0.15, 0.2) is 0 Å². The minimum atomic E-state index is -0.407. The molecule has 20 heavy (non-hydrogen) atoms. The average Bonchev–Trinajstić information content (AvgIpc) is 2.87. The predicted octanol–water partition coefficient (Wildman–Crippen LogP) is 1.62. The number of aryl methyl sites for hydroxylation is 1. The number of hydrogen-bond acceptors (Lipinski definition) is 5. The number of rotatable bonds is 2. The summed E-state index contributed by atoms with van der Waals surface area (Å²) in [5.74, 6) is 0.674. The molecule has 0 radical (unpaired) electrons. The highest BCUT2D eigenvalue weighted by Crippen LogP contribution is 2.30. The van der Waals surface area contributed by atoms with Gasteiger partial charge < -0.3 is 9.64 Å². The molecular formula is C13H16ClN5O. The SMILES string of the molecule is Cn1cc([C@]2(C)CN(c3ncc(Cl)cn3)CCO2)cn1. The third-order valence-electron chi connectivity index (χ3n) is 3.48. The summed E-state index contributed by atoms with van der Waals surface area (Å²) in [5, 5.41) is 4.75. The molecular weight excluding hydrogens is 278 g/mol. The lowest BCUT2D eigenvalue weighted by Gasteiger charge is -2.40. The minimum Gasteiger partial charge on any atom is -0.367 e. The summed E-state index contributed by atoms with van der Waals surface area (Å²) in [6.07, 6.45) is 7.04. The molecule has 0 aromatic carbocycles. The summed E-state index contributed by atoms with van der Waals surface area (Å²) in [6.45, 7) is 4.13. The molecule has 6 nitrogen and oxygen atoms in total. The van der Waals surface area contributed by atoms with E-state index in [-0.39, 0.29) is 0 Å². The summed E-state index contributed by atoms with van der Waals surface area (Å²) in [7, 11) is 1.90. The second-order valence-corrected chi connectivity index (χ2v) is 5.54. The van der Waals surface area contributed by atoms with E-state index in [1.54, 1.807) is 17.1 Å². The largest absolute Gasteiger partial charge is 0.367 e. The lowest BCUT2D eigenvalue weighted by molar-refractivity contribution is -0.0470. The van der Waals surface area contributed by atoms with Crippen LogP contribution in [-0.4, -0.2) is 39.4 Å². The van der Waals surface area contributed by atoms with Crippen LogP contribution in [0.3, 0.4) is 0 Å². The van der Waals surface area contributed by atoms with Gasteiger partial charge in [-0.3, -0.25) is 4.68 Å². The molecule has 3 heterocycles. The summed E-state index contributed by atoms with van der Waals surface area (Å²) in [5.41, 5.74) is 0.647. The van der Waals surface area contributed by atoms with Gasteiger partial charge in [0.1, 0.15) is 5.60 Å². The molecule has 1 aliphatic heterocycles. The molecule has 0 N–H and O–H groups in total. The molecule has 0 amide bonds. The van der Waals surface area contributed by atoms with Gasteiger partial charge in [-0.2, -0.15) is 5.10 Å². The van der Waals surface area contributed by atoms with Gasteiger partial charge in [-0.15, -0.1) is 0 Å². The van der Waals surface area contributed by atoms with Crippen LogP contribution in [0.5, 0.6) is 0 Å². The van der Waals surface area contributed by atoms with Crippen LogP contribution in [0.4, 0.5) is 5.95 Å². The number of hydrogen-bond donors (Lipinski definition) is 0. The first kappa shape index (κ1) is 13.3. The van der Waals surface area contributed by atoms with Gasteiger partial charge >= 0.3 is 0 Å². The highest BCUT2D eigenvalue weighted by molar-refractivity contribution is 6.30. The molecule has 0 bridgehead atoms. The van der Waals surface area contributed by atoms with Gasteiger partial charge in [-0.25, -0.2) is 9.97 Å². The molecule has 1 saturated heterocycles. The van der Waals surface area contributed by atoms with E-state index < -0.39 is 5.60 Å². The van der Waals surface area contributed by atoms with Crippen LogP contribution in [0, 0.1) is 0 Å². The van der Waals surface area contributed by atoms with Crippen molar-refractivity contribution in [3.05, 3.63) is 35.4 Å². The van der Waals surface area contributed by atoms with Gasteiger partial charge in [0.2, 0.25) is 5.95 Å². The number of nitrogens with zero attached hydrogens (tertiary/aromatic N) is 5. The van der Waals surface area contributed by atoms with E-state index in [0.29, 0.717) is 24.1 Å². The van der Waals surface area contributed by atoms with Crippen LogP contribution in [0.1, 0.15) is 12.5 Å². The molecule has 0 saturated carbocycles.